The minimum absolute atomic E-state index is 0.0939. The normalized spacial score (nSPS) is 19.3. The molecule has 29 heavy (non-hydrogen) atoms. The first-order valence-electron chi connectivity index (χ1n) is 8.72. The minimum Gasteiger partial charge on any atom is -0.462 e. The zero-order valence-corrected chi connectivity index (χ0v) is 19.0. The van der Waals surface area contributed by atoms with Crippen LogP contribution in [0.25, 0.3) is 0 Å². The molecule has 1 aliphatic carbocycles. The van der Waals surface area contributed by atoms with Gasteiger partial charge >= 0.3 is 11.9 Å². The second-order valence-corrected chi connectivity index (χ2v) is 9.52. The van der Waals surface area contributed by atoms with Gasteiger partial charge in [0.25, 0.3) is 11.8 Å². The number of carbonyl (C=O) groups is 4. The lowest BCUT2D eigenvalue weighted by Gasteiger charge is -2.12. The van der Waals surface area contributed by atoms with E-state index in [9.17, 15) is 19.2 Å². The Kier molecular flexibility index (Phi) is 6.86. The number of nitrogens with zero attached hydrogens (tertiary/aromatic N) is 1. The minimum atomic E-state index is -1.20. The monoisotopic (exact) mass is 464 g/mol. The Hall–Kier alpha value is -1.84. The number of alkyl halides is 2. The molecule has 160 valence electrons. The van der Waals surface area contributed by atoms with Crippen LogP contribution in [0.5, 0.6) is 0 Å². The maximum Gasteiger partial charge on any atom is 0.341 e. The summed E-state index contributed by atoms with van der Waals surface area (Å²) in [6, 6.07) is 0. The topological polar surface area (TPSA) is 102 Å². The molecule has 1 aromatic rings. The molecule has 0 radical (unpaired) electrons. The van der Waals surface area contributed by atoms with Crippen molar-refractivity contribution in [1.29, 1.82) is 0 Å². The summed E-state index contributed by atoms with van der Waals surface area (Å²) in [4.78, 5) is 50.7. The quantitative estimate of drug-likeness (QED) is 0.491. The van der Waals surface area contributed by atoms with Crippen molar-refractivity contribution in [3.63, 3.8) is 0 Å². The third kappa shape index (κ3) is 4.67. The number of nitrogens with one attached hydrogen (secondary N) is 1. The molecule has 11 heteroatoms. The Balaban J connectivity index is 2.17. The third-order valence-electron chi connectivity index (χ3n) is 4.52. The Morgan fingerprint density at radius 1 is 1.21 bits per heavy atom. The molecule has 0 unspecified atom stereocenters. The van der Waals surface area contributed by atoms with Crippen molar-refractivity contribution in [3.8, 4) is 0 Å². The van der Waals surface area contributed by atoms with Crippen LogP contribution in [-0.4, -0.2) is 60.3 Å². The summed E-state index contributed by atoms with van der Waals surface area (Å²) in [5, 5.41) is 2.66. The van der Waals surface area contributed by atoms with E-state index >= 15 is 0 Å². The molecule has 2 amide bonds. The van der Waals surface area contributed by atoms with Crippen LogP contribution in [0, 0.1) is 12.3 Å². The molecule has 1 saturated carbocycles. The highest BCUT2D eigenvalue weighted by Gasteiger charge is 2.69. The highest BCUT2D eigenvalue weighted by Crippen LogP contribution is 2.64. The number of esters is 2. The average molecular weight is 465 g/mol. The highest BCUT2D eigenvalue weighted by atomic mass is 35.5. The molecule has 1 aliphatic rings. The number of hydrogen-bond acceptors (Lipinski definition) is 7. The van der Waals surface area contributed by atoms with Crippen molar-refractivity contribution in [1.82, 2.24) is 4.90 Å². The van der Waals surface area contributed by atoms with E-state index < -0.39 is 34.2 Å². The van der Waals surface area contributed by atoms with Gasteiger partial charge in [0.05, 0.1) is 17.0 Å². The molecule has 0 spiro atoms. The van der Waals surface area contributed by atoms with E-state index in [-0.39, 0.29) is 29.5 Å². The van der Waals surface area contributed by atoms with Crippen molar-refractivity contribution in [2.45, 2.75) is 31.5 Å². The van der Waals surface area contributed by atoms with Crippen molar-refractivity contribution < 1.29 is 28.7 Å². The molecule has 1 heterocycles. The number of thiophene rings is 1. The van der Waals surface area contributed by atoms with E-state index in [1.807, 2.05) is 0 Å². The first-order chi connectivity index (χ1) is 13.4. The van der Waals surface area contributed by atoms with Crippen molar-refractivity contribution in [2.24, 2.45) is 5.41 Å². The number of anilines is 1. The van der Waals surface area contributed by atoms with Gasteiger partial charge in [-0.15, -0.1) is 34.5 Å². The first kappa shape index (κ1) is 23.4. The van der Waals surface area contributed by atoms with Crippen LogP contribution >= 0.6 is 34.5 Å². The fourth-order valence-electron chi connectivity index (χ4n) is 2.53. The van der Waals surface area contributed by atoms with E-state index in [0.717, 1.165) is 11.3 Å². The molecule has 0 bridgehead atoms. The van der Waals surface area contributed by atoms with Gasteiger partial charge in [0.15, 0.2) is 6.61 Å². The van der Waals surface area contributed by atoms with Gasteiger partial charge in [0.1, 0.15) is 14.7 Å². The summed E-state index contributed by atoms with van der Waals surface area (Å²) >= 11 is 12.8. The van der Waals surface area contributed by atoms with Crippen molar-refractivity contribution >= 4 is 63.3 Å². The second kappa shape index (κ2) is 8.49. The summed E-state index contributed by atoms with van der Waals surface area (Å²) in [6.07, 6.45) is 0.233. The predicted octanol–water partition coefficient (Wildman–Crippen LogP) is 3.00. The third-order valence-corrected chi connectivity index (χ3v) is 6.82. The van der Waals surface area contributed by atoms with Crippen LogP contribution in [-0.2, 0) is 19.1 Å². The van der Waals surface area contributed by atoms with Gasteiger partial charge in [-0.1, -0.05) is 0 Å². The largest absolute Gasteiger partial charge is 0.462 e. The van der Waals surface area contributed by atoms with E-state index in [1.165, 1.54) is 4.90 Å². The van der Waals surface area contributed by atoms with Gasteiger partial charge in [0, 0.05) is 20.5 Å². The zero-order chi connectivity index (χ0) is 22.1. The molecule has 1 fully saturated rings. The van der Waals surface area contributed by atoms with Crippen LogP contribution in [0.2, 0.25) is 0 Å². The Labute approximate surface area is 182 Å². The van der Waals surface area contributed by atoms with E-state index in [4.69, 9.17) is 32.7 Å². The van der Waals surface area contributed by atoms with Gasteiger partial charge in [-0.05, 0) is 26.3 Å². The molecular weight excluding hydrogens is 443 g/mol. The standard InChI is InChI=1S/C18H22Cl2N2O6S/c1-6-27-15(25)11-9(2)12(14(24)22(4)5)29-13(11)21-10(23)7-28-16(26)17(3)8-18(17,19)20/h6-8H2,1-5H3,(H,21,23)/t17-/m0/s1. The number of ether oxygens (including phenoxy) is 2. The molecule has 0 saturated heterocycles. The Morgan fingerprint density at radius 2 is 1.79 bits per heavy atom. The van der Waals surface area contributed by atoms with Crippen molar-refractivity contribution in [3.05, 3.63) is 16.0 Å². The van der Waals surface area contributed by atoms with Crippen LogP contribution in [0.1, 0.15) is 45.9 Å². The van der Waals surface area contributed by atoms with Gasteiger partial charge in [0.2, 0.25) is 0 Å². The number of amides is 2. The SMILES string of the molecule is CCOC(=O)c1c(NC(=O)COC(=O)[C@]2(C)CC2(Cl)Cl)sc(C(=O)N(C)C)c1C. The Bertz CT molecular complexity index is 867. The average Bonchev–Trinajstić information content (AvgIpc) is 2.98. The molecule has 2 rings (SSSR count). The zero-order valence-electron chi connectivity index (χ0n) is 16.7. The van der Waals surface area contributed by atoms with Crippen LogP contribution < -0.4 is 5.32 Å². The molecule has 1 N–H and O–H groups in total. The lowest BCUT2D eigenvalue weighted by atomic mass is 10.1. The first-order valence-corrected chi connectivity index (χ1v) is 10.3. The summed E-state index contributed by atoms with van der Waals surface area (Å²) in [7, 11) is 3.16. The second-order valence-electron chi connectivity index (χ2n) is 7.02. The van der Waals surface area contributed by atoms with Gasteiger partial charge in [-0.2, -0.15) is 0 Å². The number of halogens is 2. The number of carbonyl (C=O) groups excluding carboxylic acids is 4. The van der Waals surface area contributed by atoms with E-state index in [1.54, 1.807) is 34.9 Å². The van der Waals surface area contributed by atoms with Crippen molar-refractivity contribution in [2.75, 3.05) is 32.6 Å². The van der Waals surface area contributed by atoms with Crippen LogP contribution in [0.3, 0.4) is 0 Å². The van der Waals surface area contributed by atoms with Crippen LogP contribution in [0.15, 0.2) is 0 Å². The fourth-order valence-corrected chi connectivity index (χ4v) is 4.45. The lowest BCUT2D eigenvalue weighted by molar-refractivity contribution is -0.152. The van der Waals surface area contributed by atoms with Gasteiger partial charge in [-0.3, -0.25) is 14.4 Å². The highest BCUT2D eigenvalue weighted by molar-refractivity contribution is 7.18. The fraction of sp³-hybridized carbons (Fsp3) is 0.556. The maximum atomic E-state index is 12.4. The molecule has 1 aromatic heterocycles. The molecular formula is C18H22Cl2N2O6S. The molecule has 0 aliphatic heterocycles. The predicted molar refractivity (Wildman–Crippen MR) is 110 cm³/mol. The summed E-state index contributed by atoms with van der Waals surface area (Å²) in [5.41, 5.74) is -0.562. The van der Waals surface area contributed by atoms with Gasteiger partial charge in [-0.25, -0.2) is 4.79 Å². The molecule has 0 aromatic carbocycles. The lowest BCUT2D eigenvalue weighted by Crippen LogP contribution is -2.27. The summed E-state index contributed by atoms with van der Waals surface area (Å²) in [5.74, 6) is -2.33. The number of rotatable bonds is 7. The van der Waals surface area contributed by atoms with Gasteiger partial charge < -0.3 is 19.7 Å². The van der Waals surface area contributed by atoms with Crippen LogP contribution in [0.4, 0.5) is 5.00 Å². The maximum absolute atomic E-state index is 12.4. The smallest absolute Gasteiger partial charge is 0.341 e. The molecule has 1 atom stereocenters. The Morgan fingerprint density at radius 3 is 2.28 bits per heavy atom. The van der Waals surface area contributed by atoms with E-state index in [2.05, 4.69) is 5.32 Å². The summed E-state index contributed by atoms with van der Waals surface area (Å²) < 4.78 is 8.83. The number of hydrogen-bond donors (Lipinski definition) is 1. The summed E-state index contributed by atoms with van der Waals surface area (Å²) in [6.45, 7) is 4.34. The van der Waals surface area contributed by atoms with E-state index in [0.29, 0.717) is 10.4 Å². The molecule has 8 nitrogen and oxygen atoms in total.